The summed E-state index contributed by atoms with van der Waals surface area (Å²) >= 11 is 7.93. The van der Waals surface area contributed by atoms with Crippen LogP contribution in [-0.2, 0) is 6.42 Å². The SMILES string of the molecule is CCCNC(Cc1cccc(C)c1)c1cc(C)c(Cl)s1. The minimum Gasteiger partial charge on any atom is -0.309 e. The van der Waals surface area contributed by atoms with Gasteiger partial charge in [-0.2, -0.15) is 0 Å². The monoisotopic (exact) mass is 307 g/mol. The van der Waals surface area contributed by atoms with Crippen molar-refractivity contribution in [3.8, 4) is 0 Å². The smallest absolute Gasteiger partial charge is 0.0960 e. The van der Waals surface area contributed by atoms with Crippen LogP contribution in [0.4, 0.5) is 0 Å². The molecule has 0 aliphatic carbocycles. The summed E-state index contributed by atoms with van der Waals surface area (Å²) in [7, 11) is 0. The molecule has 0 bridgehead atoms. The maximum absolute atomic E-state index is 6.23. The molecule has 108 valence electrons. The van der Waals surface area contributed by atoms with Crippen molar-refractivity contribution < 1.29 is 0 Å². The van der Waals surface area contributed by atoms with Crippen molar-refractivity contribution in [1.82, 2.24) is 5.32 Å². The van der Waals surface area contributed by atoms with Gasteiger partial charge in [-0.1, -0.05) is 48.4 Å². The van der Waals surface area contributed by atoms with Crippen molar-refractivity contribution in [3.05, 3.63) is 56.2 Å². The van der Waals surface area contributed by atoms with Crippen LogP contribution in [0.1, 0.15) is 41.0 Å². The third kappa shape index (κ3) is 4.08. The van der Waals surface area contributed by atoms with Crippen LogP contribution < -0.4 is 5.32 Å². The molecular formula is C17H22ClNS. The van der Waals surface area contributed by atoms with E-state index in [4.69, 9.17) is 11.6 Å². The van der Waals surface area contributed by atoms with Gasteiger partial charge in [-0.25, -0.2) is 0 Å². The second-order valence-electron chi connectivity index (χ2n) is 5.31. The van der Waals surface area contributed by atoms with Gasteiger partial charge in [-0.3, -0.25) is 0 Å². The Balaban J connectivity index is 2.19. The Hall–Kier alpha value is -0.830. The van der Waals surface area contributed by atoms with Gasteiger partial charge in [0, 0.05) is 10.9 Å². The zero-order chi connectivity index (χ0) is 14.5. The molecule has 1 heterocycles. The summed E-state index contributed by atoms with van der Waals surface area (Å²) in [5.41, 5.74) is 3.87. The molecule has 0 spiro atoms. The summed E-state index contributed by atoms with van der Waals surface area (Å²) in [5, 5.41) is 3.65. The molecule has 1 aromatic heterocycles. The van der Waals surface area contributed by atoms with Crippen LogP contribution in [0.5, 0.6) is 0 Å². The predicted molar refractivity (Wildman–Crippen MR) is 90.0 cm³/mol. The van der Waals surface area contributed by atoms with Gasteiger partial charge in [-0.15, -0.1) is 11.3 Å². The maximum atomic E-state index is 6.23. The van der Waals surface area contributed by atoms with E-state index in [1.807, 2.05) is 0 Å². The van der Waals surface area contributed by atoms with Gasteiger partial charge >= 0.3 is 0 Å². The highest BCUT2D eigenvalue weighted by Gasteiger charge is 2.15. The third-order valence-electron chi connectivity index (χ3n) is 3.38. The fraction of sp³-hybridized carbons (Fsp3) is 0.412. The summed E-state index contributed by atoms with van der Waals surface area (Å²) in [6, 6.07) is 11.3. The molecule has 0 aliphatic rings. The molecule has 0 radical (unpaired) electrons. The van der Waals surface area contributed by atoms with E-state index in [0.29, 0.717) is 6.04 Å². The first kappa shape index (κ1) is 15.6. The lowest BCUT2D eigenvalue weighted by Gasteiger charge is -2.17. The van der Waals surface area contributed by atoms with Crippen molar-refractivity contribution in [3.63, 3.8) is 0 Å². The molecule has 1 nitrogen and oxygen atoms in total. The van der Waals surface area contributed by atoms with Crippen LogP contribution in [0.3, 0.4) is 0 Å². The lowest BCUT2D eigenvalue weighted by Crippen LogP contribution is -2.23. The van der Waals surface area contributed by atoms with Gasteiger partial charge in [0.05, 0.1) is 4.34 Å². The molecule has 2 rings (SSSR count). The van der Waals surface area contributed by atoms with E-state index < -0.39 is 0 Å². The highest BCUT2D eigenvalue weighted by atomic mass is 35.5. The predicted octanol–water partition coefficient (Wildman–Crippen LogP) is 5.30. The van der Waals surface area contributed by atoms with Gasteiger partial charge in [0.1, 0.15) is 0 Å². The minimum atomic E-state index is 0.355. The molecule has 1 aromatic carbocycles. The Morgan fingerprint density at radius 1 is 1.25 bits per heavy atom. The van der Waals surface area contributed by atoms with Crippen LogP contribution in [0.25, 0.3) is 0 Å². The molecule has 0 saturated heterocycles. The molecule has 0 saturated carbocycles. The summed E-state index contributed by atoms with van der Waals surface area (Å²) in [4.78, 5) is 1.34. The molecular weight excluding hydrogens is 286 g/mol. The van der Waals surface area contributed by atoms with Crippen molar-refractivity contribution in [2.24, 2.45) is 0 Å². The Kier molecular flexibility index (Phi) is 5.64. The van der Waals surface area contributed by atoms with Gasteiger partial charge in [0.25, 0.3) is 0 Å². The van der Waals surface area contributed by atoms with Crippen LogP contribution in [-0.4, -0.2) is 6.54 Å². The average molecular weight is 308 g/mol. The minimum absolute atomic E-state index is 0.355. The average Bonchev–Trinajstić information content (AvgIpc) is 2.74. The first-order chi connectivity index (χ1) is 9.60. The molecule has 3 heteroatoms. The van der Waals surface area contributed by atoms with Crippen molar-refractivity contribution in [1.29, 1.82) is 0 Å². The fourth-order valence-corrected chi connectivity index (χ4v) is 3.62. The largest absolute Gasteiger partial charge is 0.309 e. The Bertz CT molecular complexity index is 542. The van der Waals surface area contributed by atoms with Gasteiger partial charge in [-0.05, 0) is 50.4 Å². The van der Waals surface area contributed by atoms with Crippen molar-refractivity contribution in [2.75, 3.05) is 6.54 Å². The van der Waals surface area contributed by atoms with Crippen LogP contribution in [0.2, 0.25) is 4.34 Å². The lowest BCUT2D eigenvalue weighted by molar-refractivity contribution is 0.536. The number of halogens is 1. The van der Waals surface area contributed by atoms with E-state index >= 15 is 0 Å². The molecule has 0 aliphatic heterocycles. The number of nitrogens with one attached hydrogen (secondary N) is 1. The zero-order valence-corrected chi connectivity index (χ0v) is 13.9. The molecule has 20 heavy (non-hydrogen) atoms. The normalized spacial score (nSPS) is 12.6. The van der Waals surface area contributed by atoms with E-state index in [1.165, 1.54) is 21.6 Å². The topological polar surface area (TPSA) is 12.0 Å². The van der Waals surface area contributed by atoms with Gasteiger partial charge in [0.15, 0.2) is 0 Å². The molecule has 1 N–H and O–H groups in total. The summed E-state index contributed by atoms with van der Waals surface area (Å²) in [6.07, 6.45) is 2.15. The van der Waals surface area contributed by atoms with E-state index in [1.54, 1.807) is 11.3 Å². The van der Waals surface area contributed by atoms with Crippen LogP contribution >= 0.6 is 22.9 Å². The van der Waals surface area contributed by atoms with Gasteiger partial charge < -0.3 is 5.32 Å². The first-order valence-electron chi connectivity index (χ1n) is 7.15. The van der Waals surface area contributed by atoms with Crippen molar-refractivity contribution in [2.45, 2.75) is 39.7 Å². The molecule has 1 unspecified atom stereocenters. The van der Waals surface area contributed by atoms with Crippen LogP contribution in [0, 0.1) is 13.8 Å². The number of aryl methyl sites for hydroxylation is 2. The first-order valence-corrected chi connectivity index (χ1v) is 8.34. The molecule has 2 aromatic rings. The summed E-state index contributed by atoms with van der Waals surface area (Å²) < 4.78 is 0.910. The zero-order valence-electron chi connectivity index (χ0n) is 12.4. The number of hydrogen-bond donors (Lipinski definition) is 1. The van der Waals surface area contributed by atoms with E-state index in [-0.39, 0.29) is 0 Å². The van der Waals surface area contributed by atoms with E-state index in [9.17, 15) is 0 Å². The van der Waals surface area contributed by atoms with Gasteiger partial charge in [0.2, 0.25) is 0 Å². The number of hydrogen-bond acceptors (Lipinski definition) is 2. The third-order valence-corrected chi connectivity index (χ3v) is 5.05. The van der Waals surface area contributed by atoms with Crippen molar-refractivity contribution >= 4 is 22.9 Å². The summed E-state index contributed by atoms with van der Waals surface area (Å²) in [5.74, 6) is 0. The van der Waals surface area contributed by atoms with Crippen LogP contribution in [0.15, 0.2) is 30.3 Å². The molecule has 0 amide bonds. The Labute approximate surface area is 131 Å². The quantitative estimate of drug-likeness (QED) is 0.763. The standard InChI is InChI=1S/C17H22ClNS/c1-4-8-19-15(16-10-13(3)17(18)20-16)11-14-7-5-6-12(2)9-14/h5-7,9-10,15,19H,4,8,11H2,1-3H3. The maximum Gasteiger partial charge on any atom is 0.0960 e. The Morgan fingerprint density at radius 3 is 2.65 bits per heavy atom. The highest BCUT2D eigenvalue weighted by Crippen LogP contribution is 2.32. The molecule has 1 atom stereocenters. The molecule has 0 fully saturated rings. The lowest BCUT2D eigenvalue weighted by atomic mass is 10.0. The highest BCUT2D eigenvalue weighted by molar-refractivity contribution is 7.16. The second-order valence-corrected chi connectivity index (χ2v) is 6.99. The van der Waals surface area contributed by atoms with E-state index in [2.05, 4.69) is 56.4 Å². The number of thiophene rings is 1. The second kappa shape index (κ2) is 7.26. The summed E-state index contributed by atoms with van der Waals surface area (Å²) in [6.45, 7) is 7.45. The number of benzene rings is 1. The fourth-order valence-electron chi connectivity index (χ4n) is 2.32. The number of rotatable bonds is 6. The Morgan fingerprint density at radius 2 is 2.05 bits per heavy atom. The van der Waals surface area contributed by atoms with E-state index in [0.717, 1.165) is 23.7 Å².